The summed E-state index contributed by atoms with van der Waals surface area (Å²) in [7, 11) is 4.11. The van der Waals surface area contributed by atoms with Gasteiger partial charge in [0.05, 0.1) is 11.7 Å². The fourth-order valence-electron chi connectivity index (χ4n) is 4.59. The van der Waals surface area contributed by atoms with Crippen molar-refractivity contribution in [2.24, 2.45) is 13.0 Å². The number of likely N-dealkylation sites (N-methyl/N-ethyl adjacent to an activating group) is 1. The SMILES string of the molecule is CC(C)Cc1cc(C(=O)N2CCC[C@@]3(C)[C@@H]2CCCN3C)n(C)n1. The van der Waals surface area contributed by atoms with Gasteiger partial charge >= 0.3 is 0 Å². The maximum absolute atomic E-state index is 13.3. The molecule has 5 nitrogen and oxygen atoms in total. The third kappa shape index (κ3) is 2.99. The van der Waals surface area contributed by atoms with Gasteiger partial charge in [-0.3, -0.25) is 14.4 Å². The molecule has 2 saturated heterocycles. The summed E-state index contributed by atoms with van der Waals surface area (Å²) in [5, 5.41) is 4.56. The highest BCUT2D eigenvalue weighted by atomic mass is 16.2. The van der Waals surface area contributed by atoms with Crippen LogP contribution >= 0.6 is 0 Å². The van der Waals surface area contributed by atoms with Gasteiger partial charge in [-0.2, -0.15) is 5.10 Å². The molecule has 0 bridgehead atoms. The molecular weight excluding hydrogens is 300 g/mol. The number of rotatable bonds is 3. The molecule has 2 aliphatic heterocycles. The molecule has 134 valence electrons. The molecule has 2 aliphatic rings. The third-order valence-electron chi connectivity index (χ3n) is 6.05. The minimum absolute atomic E-state index is 0.117. The Kier molecular flexibility index (Phi) is 4.73. The summed E-state index contributed by atoms with van der Waals surface area (Å²) in [6, 6.07) is 2.32. The molecule has 0 aromatic carbocycles. The highest BCUT2D eigenvalue weighted by Gasteiger charge is 2.47. The highest BCUT2D eigenvalue weighted by Crippen LogP contribution is 2.38. The number of aryl methyl sites for hydroxylation is 1. The number of carbonyl (C=O) groups is 1. The summed E-state index contributed by atoms with van der Waals surface area (Å²) in [4.78, 5) is 17.9. The second-order valence-electron chi connectivity index (χ2n) is 8.28. The normalized spacial score (nSPS) is 28.2. The Hall–Kier alpha value is -1.36. The summed E-state index contributed by atoms with van der Waals surface area (Å²) in [6.45, 7) is 8.72. The Morgan fingerprint density at radius 3 is 2.79 bits per heavy atom. The highest BCUT2D eigenvalue weighted by molar-refractivity contribution is 5.93. The van der Waals surface area contributed by atoms with Crippen LogP contribution in [-0.4, -0.2) is 57.2 Å². The topological polar surface area (TPSA) is 41.4 Å². The van der Waals surface area contributed by atoms with Crippen molar-refractivity contribution in [3.05, 3.63) is 17.5 Å². The van der Waals surface area contributed by atoms with Crippen LogP contribution in [0.3, 0.4) is 0 Å². The summed E-state index contributed by atoms with van der Waals surface area (Å²) in [5.41, 5.74) is 1.88. The van der Waals surface area contributed by atoms with E-state index < -0.39 is 0 Å². The molecule has 1 amide bonds. The zero-order chi connectivity index (χ0) is 17.5. The molecule has 0 saturated carbocycles. The average Bonchev–Trinajstić information content (AvgIpc) is 2.87. The summed E-state index contributed by atoms with van der Waals surface area (Å²) in [5.74, 6) is 0.708. The van der Waals surface area contributed by atoms with E-state index in [1.54, 1.807) is 4.68 Å². The van der Waals surface area contributed by atoms with Crippen molar-refractivity contribution in [3.63, 3.8) is 0 Å². The Bertz CT molecular complexity index is 609. The monoisotopic (exact) mass is 332 g/mol. The van der Waals surface area contributed by atoms with Gasteiger partial charge in [0.25, 0.3) is 5.91 Å². The van der Waals surface area contributed by atoms with E-state index in [0.29, 0.717) is 12.0 Å². The van der Waals surface area contributed by atoms with Crippen molar-refractivity contribution < 1.29 is 4.79 Å². The standard InChI is InChI=1S/C19H32N4O/c1-14(2)12-15-13-16(22(5)20-15)18(24)23-11-7-9-19(3)17(23)8-6-10-21(19)4/h13-14,17H,6-12H2,1-5H3/t17-,19-/m0/s1. The van der Waals surface area contributed by atoms with Gasteiger partial charge in [-0.1, -0.05) is 13.8 Å². The lowest BCUT2D eigenvalue weighted by Crippen LogP contribution is -2.66. The van der Waals surface area contributed by atoms with E-state index in [9.17, 15) is 4.79 Å². The van der Waals surface area contributed by atoms with Crippen molar-refractivity contribution in [2.75, 3.05) is 20.1 Å². The van der Waals surface area contributed by atoms with Crippen LogP contribution in [-0.2, 0) is 13.5 Å². The number of hydrogen-bond donors (Lipinski definition) is 0. The number of likely N-dealkylation sites (tertiary alicyclic amines) is 2. The van der Waals surface area contributed by atoms with Gasteiger partial charge in [-0.25, -0.2) is 0 Å². The minimum Gasteiger partial charge on any atom is -0.332 e. The molecular formula is C19H32N4O. The van der Waals surface area contributed by atoms with Crippen LogP contribution in [0.4, 0.5) is 0 Å². The Labute approximate surface area is 146 Å². The lowest BCUT2D eigenvalue weighted by atomic mass is 9.76. The van der Waals surface area contributed by atoms with E-state index in [-0.39, 0.29) is 11.4 Å². The Morgan fingerprint density at radius 1 is 1.33 bits per heavy atom. The maximum atomic E-state index is 13.3. The van der Waals surface area contributed by atoms with E-state index in [0.717, 1.165) is 43.7 Å². The summed E-state index contributed by atoms with van der Waals surface area (Å²) < 4.78 is 1.78. The molecule has 1 aromatic heterocycles. The molecule has 2 atom stereocenters. The lowest BCUT2D eigenvalue weighted by Gasteiger charge is -2.55. The first-order valence-corrected chi connectivity index (χ1v) is 9.38. The quantitative estimate of drug-likeness (QED) is 0.854. The predicted octanol–water partition coefficient (Wildman–Crippen LogP) is 2.71. The van der Waals surface area contributed by atoms with Crippen molar-refractivity contribution in [1.82, 2.24) is 19.6 Å². The molecule has 0 radical (unpaired) electrons. The number of fused-ring (bicyclic) bond motifs is 1. The molecule has 1 aromatic rings. The Morgan fingerprint density at radius 2 is 2.08 bits per heavy atom. The second kappa shape index (κ2) is 6.51. The summed E-state index contributed by atoms with van der Waals surface area (Å²) >= 11 is 0. The van der Waals surface area contributed by atoms with Crippen LogP contribution in [0.5, 0.6) is 0 Å². The van der Waals surface area contributed by atoms with Gasteiger partial charge in [-0.05, 0) is 64.6 Å². The smallest absolute Gasteiger partial charge is 0.272 e. The Balaban J connectivity index is 1.85. The summed E-state index contributed by atoms with van der Waals surface area (Å²) in [6.07, 6.45) is 5.47. The first-order chi connectivity index (χ1) is 11.3. The van der Waals surface area contributed by atoms with Crippen molar-refractivity contribution >= 4 is 5.91 Å². The van der Waals surface area contributed by atoms with Gasteiger partial charge < -0.3 is 4.90 Å². The number of nitrogens with zero attached hydrogens (tertiary/aromatic N) is 4. The van der Waals surface area contributed by atoms with Crippen LogP contribution in [0.1, 0.15) is 62.6 Å². The average molecular weight is 332 g/mol. The van der Waals surface area contributed by atoms with Gasteiger partial charge in [0, 0.05) is 19.1 Å². The van der Waals surface area contributed by atoms with Gasteiger partial charge in [0.1, 0.15) is 5.69 Å². The zero-order valence-corrected chi connectivity index (χ0v) is 15.9. The predicted molar refractivity (Wildman–Crippen MR) is 96.1 cm³/mol. The molecule has 3 heterocycles. The fraction of sp³-hybridized carbons (Fsp3) is 0.789. The van der Waals surface area contributed by atoms with Crippen molar-refractivity contribution in [2.45, 2.75) is 64.5 Å². The van der Waals surface area contributed by atoms with E-state index in [1.165, 1.54) is 12.8 Å². The van der Waals surface area contributed by atoms with Crippen LogP contribution in [0.15, 0.2) is 6.07 Å². The zero-order valence-electron chi connectivity index (χ0n) is 15.9. The van der Waals surface area contributed by atoms with Crippen LogP contribution < -0.4 is 0 Å². The second-order valence-corrected chi connectivity index (χ2v) is 8.28. The molecule has 0 N–H and O–H groups in total. The van der Waals surface area contributed by atoms with E-state index in [2.05, 4.69) is 42.7 Å². The molecule has 3 rings (SSSR count). The van der Waals surface area contributed by atoms with Crippen LogP contribution in [0.2, 0.25) is 0 Å². The molecule has 5 heteroatoms. The van der Waals surface area contributed by atoms with Crippen LogP contribution in [0.25, 0.3) is 0 Å². The molecule has 2 fully saturated rings. The molecule has 24 heavy (non-hydrogen) atoms. The molecule has 0 aliphatic carbocycles. The van der Waals surface area contributed by atoms with Gasteiger partial charge in [-0.15, -0.1) is 0 Å². The van der Waals surface area contributed by atoms with Gasteiger partial charge in [0.2, 0.25) is 0 Å². The number of carbonyl (C=O) groups excluding carboxylic acids is 1. The molecule has 0 spiro atoms. The number of aromatic nitrogens is 2. The number of hydrogen-bond acceptors (Lipinski definition) is 3. The minimum atomic E-state index is 0.117. The first-order valence-electron chi connectivity index (χ1n) is 9.38. The van der Waals surface area contributed by atoms with Crippen molar-refractivity contribution in [1.29, 1.82) is 0 Å². The third-order valence-corrected chi connectivity index (χ3v) is 6.05. The van der Waals surface area contributed by atoms with E-state index >= 15 is 0 Å². The largest absolute Gasteiger partial charge is 0.332 e. The molecule has 0 unspecified atom stereocenters. The van der Waals surface area contributed by atoms with Gasteiger partial charge in [0.15, 0.2) is 0 Å². The van der Waals surface area contributed by atoms with Crippen LogP contribution in [0, 0.1) is 5.92 Å². The van der Waals surface area contributed by atoms with E-state index in [4.69, 9.17) is 0 Å². The number of piperidine rings is 2. The van der Waals surface area contributed by atoms with Crippen molar-refractivity contribution in [3.8, 4) is 0 Å². The lowest BCUT2D eigenvalue weighted by molar-refractivity contribution is -0.0351. The van der Waals surface area contributed by atoms with E-state index in [1.807, 2.05) is 13.1 Å². The maximum Gasteiger partial charge on any atom is 0.272 e. The fourth-order valence-corrected chi connectivity index (χ4v) is 4.59. The number of amides is 1. The first kappa shape index (κ1) is 17.5.